The Morgan fingerprint density at radius 1 is 1.41 bits per heavy atom. The molecule has 29 heavy (non-hydrogen) atoms. The number of ether oxygens (including phenoxy) is 1. The van der Waals surface area contributed by atoms with E-state index in [4.69, 9.17) is 10.5 Å². The topological polar surface area (TPSA) is 164 Å². The number of hydrogen-bond acceptors (Lipinski definition) is 10. The van der Waals surface area contributed by atoms with Crippen LogP contribution in [0.1, 0.15) is 12.7 Å². The highest BCUT2D eigenvalue weighted by molar-refractivity contribution is 5.82. The van der Waals surface area contributed by atoms with E-state index in [1.165, 1.54) is 6.33 Å². The number of nitrogens with one attached hydrogen (secondary N) is 2. The number of nitrogens with zero attached hydrogens (tertiary/aromatic N) is 5. The monoisotopic (exact) mass is 408 g/mol. The van der Waals surface area contributed by atoms with Gasteiger partial charge in [-0.15, -0.1) is 0 Å². The molecule has 1 aliphatic rings. The molecule has 0 radical (unpaired) electrons. The van der Waals surface area contributed by atoms with E-state index in [-0.39, 0.29) is 12.5 Å². The van der Waals surface area contributed by atoms with Crippen molar-refractivity contribution in [1.29, 1.82) is 0 Å². The maximum absolute atomic E-state index is 12.1. The SMILES string of the molecule is CCNC(=O)[C@@H](OCn1cnc2c(N)nc(CN3CCNCC3)nc21)C(O)CO. The van der Waals surface area contributed by atoms with Gasteiger partial charge in [0.2, 0.25) is 0 Å². The summed E-state index contributed by atoms with van der Waals surface area (Å²) < 4.78 is 7.16. The lowest BCUT2D eigenvalue weighted by atomic mass is 10.2. The van der Waals surface area contributed by atoms with Gasteiger partial charge in [-0.1, -0.05) is 0 Å². The third kappa shape index (κ3) is 5.16. The number of hydrogen-bond donors (Lipinski definition) is 5. The maximum Gasteiger partial charge on any atom is 0.252 e. The van der Waals surface area contributed by atoms with Gasteiger partial charge in [-0.2, -0.15) is 0 Å². The van der Waals surface area contributed by atoms with Crippen LogP contribution in [0.5, 0.6) is 0 Å². The number of piperazine rings is 1. The number of aromatic nitrogens is 4. The van der Waals surface area contributed by atoms with Crippen molar-refractivity contribution in [2.24, 2.45) is 0 Å². The van der Waals surface area contributed by atoms with Crippen molar-refractivity contribution >= 4 is 22.9 Å². The summed E-state index contributed by atoms with van der Waals surface area (Å²) in [4.78, 5) is 27.5. The molecule has 1 fully saturated rings. The van der Waals surface area contributed by atoms with Crippen molar-refractivity contribution in [3.8, 4) is 0 Å². The summed E-state index contributed by atoms with van der Waals surface area (Å²) in [5, 5.41) is 25.0. The molecule has 1 unspecified atom stereocenters. The van der Waals surface area contributed by atoms with Crippen LogP contribution in [0, 0.1) is 0 Å². The van der Waals surface area contributed by atoms with Crippen molar-refractivity contribution in [2.75, 3.05) is 45.1 Å². The van der Waals surface area contributed by atoms with E-state index >= 15 is 0 Å². The van der Waals surface area contributed by atoms with Crippen LogP contribution < -0.4 is 16.4 Å². The molecule has 3 heterocycles. The number of likely N-dealkylation sites (N-methyl/N-ethyl adjacent to an activating group) is 1. The number of carbonyl (C=O) groups is 1. The molecule has 2 atom stereocenters. The Morgan fingerprint density at radius 2 is 2.17 bits per heavy atom. The molecular formula is C17H28N8O4. The zero-order valence-corrected chi connectivity index (χ0v) is 16.4. The van der Waals surface area contributed by atoms with Crippen molar-refractivity contribution in [1.82, 2.24) is 35.1 Å². The Kier molecular flexibility index (Phi) is 7.28. The van der Waals surface area contributed by atoms with Crippen molar-refractivity contribution < 1.29 is 19.7 Å². The summed E-state index contributed by atoms with van der Waals surface area (Å²) in [6, 6.07) is 0. The van der Waals surface area contributed by atoms with Crippen LogP contribution in [-0.2, 0) is 22.8 Å². The second-order valence-electron chi connectivity index (χ2n) is 6.80. The second-order valence-corrected chi connectivity index (χ2v) is 6.80. The molecule has 1 amide bonds. The average molecular weight is 408 g/mol. The number of fused-ring (bicyclic) bond motifs is 1. The summed E-state index contributed by atoms with van der Waals surface area (Å²) >= 11 is 0. The van der Waals surface area contributed by atoms with Crippen molar-refractivity contribution in [2.45, 2.75) is 32.4 Å². The van der Waals surface area contributed by atoms with Crippen LogP contribution >= 0.6 is 0 Å². The summed E-state index contributed by atoms with van der Waals surface area (Å²) in [6.07, 6.45) is -1.08. The minimum absolute atomic E-state index is 0.0983. The number of aliphatic hydroxyl groups excluding tert-OH is 2. The third-order valence-corrected chi connectivity index (χ3v) is 4.65. The number of amides is 1. The molecule has 2 aromatic heterocycles. The van der Waals surface area contributed by atoms with Gasteiger partial charge in [0.05, 0.1) is 19.5 Å². The van der Waals surface area contributed by atoms with E-state index in [9.17, 15) is 15.0 Å². The summed E-state index contributed by atoms with van der Waals surface area (Å²) in [5.74, 6) is 0.343. The quantitative estimate of drug-likeness (QED) is 0.303. The van der Waals surface area contributed by atoms with E-state index in [1.54, 1.807) is 11.5 Å². The molecule has 3 rings (SSSR count). The molecule has 0 aromatic carbocycles. The van der Waals surface area contributed by atoms with Gasteiger partial charge in [-0.05, 0) is 6.92 Å². The Hall–Kier alpha value is -2.38. The summed E-state index contributed by atoms with van der Waals surface area (Å²) in [7, 11) is 0. The lowest BCUT2D eigenvalue weighted by molar-refractivity contribution is -0.147. The van der Waals surface area contributed by atoms with Gasteiger partial charge in [0.1, 0.15) is 24.2 Å². The van der Waals surface area contributed by atoms with E-state index in [0.29, 0.717) is 30.1 Å². The average Bonchev–Trinajstić information content (AvgIpc) is 3.12. The van der Waals surface area contributed by atoms with E-state index in [0.717, 1.165) is 26.2 Å². The Balaban J connectivity index is 1.77. The van der Waals surface area contributed by atoms with Crippen LogP contribution in [0.15, 0.2) is 6.33 Å². The van der Waals surface area contributed by atoms with E-state index < -0.39 is 24.7 Å². The van der Waals surface area contributed by atoms with Gasteiger partial charge in [-0.3, -0.25) is 14.3 Å². The minimum atomic E-state index is -1.35. The zero-order chi connectivity index (χ0) is 20.8. The van der Waals surface area contributed by atoms with E-state index in [2.05, 4.69) is 30.5 Å². The number of carbonyl (C=O) groups excluding carboxylic acids is 1. The number of rotatable bonds is 9. The lowest BCUT2D eigenvalue weighted by Crippen LogP contribution is -2.45. The lowest BCUT2D eigenvalue weighted by Gasteiger charge is -2.26. The first-order chi connectivity index (χ1) is 14.0. The number of imidazole rings is 1. The fraction of sp³-hybridized carbons (Fsp3) is 0.647. The fourth-order valence-corrected chi connectivity index (χ4v) is 3.14. The van der Waals surface area contributed by atoms with Crippen LogP contribution in [0.2, 0.25) is 0 Å². The number of anilines is 1. The zero-order valence-electron chi connectivity index (χ0n) is 16.4. The molecule has 160 valence electrons. The van der Waals surface area contributed by atoms with Gasteiger partial charge in [0.15, 0.2) is 17.6 Å². The Morgan fingerprint density at radius 3 is 2.86 bits per heavy atom. The molecular weight excluding hydrogens is 380 g/mol. The third-order valence-electron chi connectivity index (χ3n) is 4.65. The van der Waals surface area contributed by atoms with Gasteiger partial charge in [-0.25, -0.2) is 15.0 Å². The molecule has 0 aliphatic carbocycles. The molecule has 12 nitrogen and oxygen atoms in total. The highest BCUT2D eigenvalue weighted by Gasteiger charge is 2.27. The predicted octanol–water partition coefficient (Wildman–Crippen LogP) is -2.35. The number of nitrogens with two attached hydrogens (primary N) is 1. The Bertz CT molecular complexity index is 823. The van der Waals surface area contributed by atoms with Crippen LogP contribution in [0.4, 0.5) is 5.82 Å². The molecule has 0 spiro atoms. The summed E-state index contributed by atoms with van der Waals surface area (Å²) in [5.41, 5.74) is 6.98. The van der Waals surface area contributed by atoms with Gasteiger partial charge < -0.3 is 31.3 Å². The first-order valence-corrected chi connectivity index (χ1v) is 9.62. The smallest absolute Gasteiger partial charge is 0.252 e. The molecule has 0 saturated carbocycles. The van der Waals surface area contributed by atoms with Crippen molar-refractivity contribution in [3.63, 3.8) is 0 Å². The second kappa shape index (κ2) is 9.89. The Labute approximate surface area is 168 Å². The molecule has 12 heteroatoms. The molecule has 1 aliphatic heterocycles. The minimum Gasteiger partial charge on any atom is -0.394 e. The maximum atomic E-state index is 12.1. The molecule has 6 N–H and O–H groups in total. The number of nitrogen functional groups attached to an aromatic ring is 1. The molecule has 0 bridgehead atoms. The highest BCUT2D eigenvalue weighted by Crippen LogP contribution is 2.17. The first kappa shape index (κ1) is 21.3. The first-order valence-electron chi connectivity index (χ1n) is 9.62. The number of aliphatic hydroxyl groups is 2. The largest absolute Gasteiger partial charge is 0.394 e. The molecule has 2 aromatic rings. The van der Waals surface area contributed by atoms with Crippen molar-refractivity contribution in [3.05, 3.63) is 12.2 Å². The predicted molar refractivity (Wildman–Crippen MR) is 105 cm³/mol. The van der Waals surface area contributed by atoms with Gasteiger partial charge in [0, 0.05) is 32.7 Å². The standard InChI is InChI=1S/C17H28N8O4/c1-2-20-17(28)14(11(27)8-26)29-10-25-9-21-13-15(18)22-12(23-16(13)25)7-24-5-3-19-4-6-24/h9,11,14,19,26-27H,2-8,10H2,1H3,(H,20,28)(H2,18,22,23)/t11?,14-/m0/s1. The van der Waals surface area contributed by atoms with E-state index in [1.807, 2.05) is 0 Å². The van der Waals surface area contributed by atoms with Crippen LogP contribution in [0.25, 0.3) is 11.2 Å². The highest BCUT2D eigenvalue weighted by atomic mass is 16.5. The van der Waals surface area contributed by atoms with Crippen LogP contribution in [-0.4, -0.2) is 92.1 Å². The van der Waals surface area contributed by atoms with Gasteiger partial charge >= 0.3 is 0 Å². The normalized spacial score (nSPS) is 17.3. The molecule has 1 saturated heterocycles. The fourth-order valence-electron chi connectivity index (χ4n) is 3.14. The summed E-state index contributed by atoms with van der Waals surface area (Å²) in [6.45, 7) is 5.63. The van der Waals surface area contributed by atoms with Gasteiger partial charge in [0.25, 0.3) is 5.91 Å². The van der Waals surface area contributed by atoms with Crippen LogP contribution in [0.3, 0.4) is 0 Å².